The van der Waals surface area contributed by atoms with E-state index in [1.807, 2.05) is 0 Å². The number of ketones is 1. The quantitative estimate of drug-likeness (QED) is 0.177. The highest BCUT2D eigenvalue weighted by Crippen LogP contribution is 2.42. The Kier molecular flexibility index (Phi) is 11.6. The maximum Gasteiger partial charge on any atom is 0.408 e. The lowest BCUT2D eigenvalue weighted by Gasteiger charge is -2.44. The Hall–Kier alpha value is -4.39. The van der Waals surface area contributed by atoms with Gasteiger partial charge in [0, 0.05) is 23.2 Å². The summed E-state index contributed by atoms with van der Waals surface area (Å²) in [5.74, 6) is -2.64. The van der Waals surface area contributed by atoms with Crippen molar-refractivity contribution in [3.63, 3.8) is 0 Å². The first-order valence-corrected chi connectivity index (χ1v) is 15.0. The summed E-state index contributed by atoms with van der Waals surface area (Å²) in [6.45, 7) is 10.0. The topological polar surface area (TPSA) is 169 Å². The zero-order valence-electron chi connectivity index (χ0n) is 26.5. The zero-order chi connectivity index (χ0) is 34.4. The number of fused-ring (bicyclic) bond motifs is 1. The molecule has 1 aliphatic rings. The number of hydrogen-bond donors (Lipinski definition) is 4. The molecule has 2 aromatic carbocycles. The third-order valence-electron chi connectivity index (χ3n) is 6.99. The van der Waals surface area contributed by atoms with Crippen molar-refractivity contribution in [2.75, 3.05) is 6.54 Å². The summed E-state index contributed by atoms with van der Waals surface area (Å²) >= 11 is 5.88. The second-order valence-electron chi connectivity index (χ2n) is 12.4. The molecule has 14 heteroatoms. The van der Waals surface area contributed by atoms with Crippen molar-refractivity contribution < 1.29 is 47.7 Å². The highest BCUT2D eigenvalue weighted by molar-refractivity contribution is 6.31. The molecule has 0 radical (unpaired) electrons. The van der Waals surface area contributed by atoms with Crippen LogP contribution in [0.3, 0.4) is 0 Å². The van der Waals surface area contributed by atoms with E-state index >= 15 is 0 Å². The highest BCUT2D eigenvalue weighted by atomic mass is 35.5. The molecule has 1 heterocycles. The number of carbonyl (C=O) groups excluding carboxylic acids is 4. The van der Waals surface area contributed by atoms with Crippen LogP contribution in [-0.2, 0) is 14.3 Å². The molecule has 0 spiro atoms. The van der Waals surface area contributed by atoms with Crippen molar-refractivity contribution in [2.45, 2.75) is 90.2 Å². The molecule has 1 aliphatic heterocycles. The fourth-order valence-electron chi connectivity index (χ4n) is 4.76. The summed E-state index contributed by atoms with van der Waals surface area (Å²) in [4.78, 5) is 62.4. The van der Waals surface area contributed by atoms with Gasteiger partial charge in [0.05, 0.1) is 11.1 Å². The molecule has 2 aromatic rings. The third kappa shape index (κ3) is 9.80. The molecule has 250 valence electrons. The molecular weight excluding hydrogens is 625 g/mol. The molecule has 0 aromatic heterocycles. The number of carboxylic acid groups (broad SMARTS) is 1. The Morgan fingerprint density at radius 1 is 1.04 bits per heavy atom. The summed E-state index contributed by atoms with van der Waals surface area (Å²) in [5.41, 5.74) is -1.25. The fraction of sp³-hybridized carbons (Fsp3) is 0.469. The molecule has 3 atom stereocenters. The van der Waals surface area contributed by atoms with Crippen LogP contribution in [0.25, 0.3) is 0 Å². The largest absolute Gasteiger partial charge is 0.484 e. The summed E-state index contributed by atoms with van der Waals surface area (Å²) in [6.07, 6.45) is -2.12. The number of Topliss-reactive ketones (excluding diaryl/α,β-unsaturated/α-hetero) is 1. The first-order chi connectivity index (χ1) is 21.4. The predicted molar refractivity (Wildman–Crippen MR) is 166 cm³/mol. The van der Waals surface area contributed by atoms with Crippen molar-refractivity contribution in [1.82, 2.24) is 16.0 Å². The molecule has 3 amide bonds. The molecule has 0 unspecified atom stereocenters. The second kappa shape index (κ2) is 14.8. The van der Waals surface area contributed by atoms with Gasteiger partial charge in [0.15, 0.2) is 11.9 Å². The van der Waals surface area contributed by atoms with E-state index in [1.165, 1.54) is 19.1 Å². The van der Waals surface area contributed by atoms with Crippen LogP contribution >= 0.6 is 11.6 Å². The maximum absolute atomic E-state index is 13.8. The van der Waals surface area contributed by atoms with Crippen molar-refractivity contribution in [2.24, 2.45) is 0 Å². The minimum atomic E-state index is -1.33. The Balaban J connectivity index is 1.78. The Bertz CT molecular complexity index is 1490. The van der Waals surface area contributed by atoms with E-state index in [9.17, 15) is 33.5 Å². The van der Waals surface area contributed by atoms with Crippen LogP contribution in [0.15, 0.2) is 36.4 Å². The first kappa shape index (κ1) is 36.1. The Labute approximate surface area is 271 Å². The monoisotopic (exact) mass is 663 g/mol. The highest BCUT2D eigenvalue weighted by Gasteiger charge is 2.48. The van der Waals surface area contributed by atoms with E-state index < -0.39 is 59.3 Å². The van der Waals surface area contributed by atoms with Crippen LogP contribution in [0.2, 0.25) is 5.02 Å². The molecule has 3 rings (SSSR count). The number of rotatable bonds is 11. The van der Waals surface area contributed by atoms with Crippen LogP contribution in [0, 0.1) is 5.82 Å². The molecule has 4 N–H and O–H groups in total. The molecule has 0 saturated carbocycles. The van der Waals surface area contributed by atoms with E-state index in [0.717, 1.165) is 12.1 Å². The standard InChI is InChI=1S/C32H39ClFN3O9/c1-17(38)18-11-13-24-20(15-18)25(37-27(39)19-10-12-22(34)21(33)16-19)26(32(5,6)45-24)44-30(43)36-23(28(40)41)9-7-8-14-35-29(42)46-31(2,3)4/h10-13,15-16,23,25-26H,7-9,14H2,1-6H3,(H,35,42)(H,36,43)(H,37,39)(H,40,41)/t23-,25+,26-/m0/s1. The zero-order valence-corrected chi connectivity index (χ0v) is 27.2. The van der Waals surface area contributed by atoms with Crippen LogP contribution in [-0.4, -0.2) is 64.8 Å². The minimum absolute atomic E-state index is 0.0234. The van der Waals surface area contributed by atoms with Crippen molar-refractivity contribution in [1.29, 1.82) is 0 Å². The predicted octanol–water partition coefficient (Wildman–Crippen LogP) is 5.57. The molecule has 12 nitrogen and oxygen atoms in total. The SMILES string of the molecule is CC(=O)c1ccc2c(c1)[C@@H](NC(=O)c1ccc(F)c(Cl)c1)[C@H](OC(=O)N[C@@H](CCCCNC(=O)OC(C)(C)C)C(=O)O)C(C)(C)O2. The number of halogens is 2. The summed E-state index contributed by atoms with van der Waals surface area (Å²) < 4.78 is 30.8. The summed E-state index contributed by atoms with van der Waals surface area (Å²) in [6, 6.07) is 5.64. The van der Waals surface area contributed by atoms with E-state index in [0.29, 0.717) is 29.7 Å². The number of carbonyl (C=O) groups is 5. The average molecular weight is 664 g/mol. The van der Waals surface area contributed by atoms with Gasteiger partial charge < -0.3 is 35.3 Å². The van der Waals surface area contributed by atoms with Gasteiger partial charge in [-0.05, 0) is 97.2 Å². The second-order valence-corrected chi connectivity index (χ2v) is 12.8. The van der Waals surface area contributed by atoms with Gasteiger partial charge in [-0.15, -0.1) is 0 Å². The van der Waals surface area contributed by atoms with Gasteiger partial charge in [0.2, 0.25) is 0 Å². The lowest BCUT2D eigenvalue weighted by atomic mass is 9.85. The molecule has 0 aliphatic carbocycles. The number of benzene rings is 2. The molecule has 0 fully saturated rings. The number of carboxylic acids is 1. The molecule has 0 bridgehead atoms. The first-order valence-electron chi connectivity index (χ1n) is 14.6. The molecule has 0 saturated heterocycles. The van der Waals surface area contributed by atoms with Gasteiger partial charge in [-0.1, -0.05) is 11.6 Å². The average Bonchev–Trinajstić information content (AvgIpc) is 2.93. The van der Waals surface area contributed by atoms with Crippen molar-refractivity contribution in [3.05, 3.63) is 63.9 Å². The normalized spacial score (nSPS) is 17.4. The molecule has 46 heavy (non-hydrogen) atoms. The lowest BCUT2D eigenvalue weighted by molar-refractivity contribution is -0.139. The number of unbranched alkanes of at least 4 members (excludes halogenated alkanes) is 1. The van der Waals surface area contributed by atoms with E-state index in [4.69, 9.17) is 25.8 Å². The summed E-state index contributed by atoms with van der Waals surface area (Å²) in [5, 5.41) is 17.2. The van der Waals surface area contributed by atoms with Gasteiger partial charge in [0.1, 0.15) is 28.8 Å². The van der Waals surface area contributed by atoms with E-state index in [1.54, 1.807) is 46.8 Å². The Morgan fingerprint density at radius 2 is 1.72 bits per heavy atom. The van der Waals surface area contributed by atoms with Gasteiger partial charge in [-0.2, -0.15) is 0 Å². The van der Waals surface area contributed by atoms with Gasteiger partial charge >= 0.3 is 18.2 Å². The molecular formula is C32H39ClFN3O9. The summed E-state index contributed by atoms with van der Waals surface area (Å²) in [7, 11) is 0. The Morgan fingerprint density at radius 3 is 2.33 bits per heavy atom. The van der Waals surface area contributed by atoms with Gasteiger partial charge in [0.25, 0.3) is 5.91 Å². The third-order valence-corrected chi connectivity index (χ3v) is 7.28. The number of ether oxygens (including phenoxy) is 3. The number of amides is 3. The van der Waals surface area contributed by atoms with Gasteiger partial charge in [-0.25, -0.2) is 18.8 Å². The smallest absolute Gasteiger partial charge is 0.408 e. The van der Waals surface area contributed by atoms with Crippen LogP contribution < -0.4 is 20.7 Å². The van der Waals surface area contributed by atoms with Crippen LogP contribution in [0.1, 0.15) is 93.1 Å². The number of hydrogen-bond acceptors (Lipinski definition) is 8. The maximum atomic E-state index is 13.8. The number of nitrogens with one attached hydrogen (secondary N) is 3. The van der Waals surface area contributed by atoms with E-state index in [-0.39, 0.29) is 29.3 Å². The van der Waals surface area contributed by atoms with E-state index in [2.05, 4.69) is 16.0 Å². The van der Waals surface area contributed by atoms with Crippen LogP contribution in [0.4, 0.5) is 14.0 Å². The minimum Gasteiger partial charge on any atom is -0.484 e. The van der Waals surface area contributed by atoms with Crippen molar-refractivity contribution >= 4 is 41.4 Å². The van der Waals surface area contributed by atoms with Gasteiger partial charge in [-0.3, -0.25) is 9.59 Å². The lowest BCUT2D eigenvalue weighted by Crippen LogP contribution is -2.57. The van der Waals surface area contributed by atoms with Crippen LogP contribution in [0.5, 0.6) is 5.75 Å². The number of alkyl carbamates (subject to hydrolysis) is 2. The number of aliphatic carboxylic acids is 1. The fourth-order valence-corrected chi connectivity index (χ4v) is 4.94. The van der Waals surface area contributed by atoms with Crippen molar-refractivity contribution in [3.8, 4) is 5.75 Å².